The van der Waals surface area contributed by atoms with E-state index in [0.29, 0.717) is 0 Å². The fourth-order valence-corrected chi connectivity index (χ4v) is 2.95. The van der Waals surface area contributed by atoms with E-state index in [0.717, 1.165) is 29.0 Å². The van der Waals surface area contributed by atoms with Crippen LogP contribution in [-0.2, 0) is 9.59 Å². The number of rotatable bonds is 6. The van der Waals surface area contributed by atoms with Crippen molar-refractivity contribution in [2.75, 3.05) is 5.32 Å². The third-order valence-corrected chi connectivity index (χ3v) is 4.76. The molecule has 1 aromatic carbocycles. The van der Waals surface area contributed by atoms with Crippen molar-refractivity contribution in [2.45, 2.75) is 25.8 Å². The molecule has 0 radical (unpaired) electrons. The van der Waals surface area contributed by atoms with Gasteiger partial charge in [-0.2, -0.15) is 0 Å². The normalized spacial score (nSPS) is 15.2. The Labute approximate surface area is 145 Å². The summed E-state index contributed by atoms with van der Waals surface area (Å²) < 4.78 is 0. The molecule has 5 heteroatoms. The molecule has 2 amide bonds. The molecule has 0 bridgehead atoms. The summed E-state index contributed by atoms with van der Waals surface area (Å²) in [6.45, 7) is 1.94. The number of hydrogen-bond acceptors (Lipinski definition) is 3. The predicted octanol–water partition coefficient (Wildman–Crippen LogP) is 3.99. The Morgan fingerprint density at radius 2 is 1.96 bits per heavy atom. The van der Waals surface area contributed by atoms with Gasteiger partial charge < -0.3 is 10.6 Å². The zero-order valence-electron chi connectivity index (χ0n) is 13.5. The van der Waals surface area contributed by atoms with Crippen molar-refractivity contribution in [3.63, 3.8) is 0 Å². The maximum atomic E-state index is 12.0. The summed E-state index contributed by atoms with van der Waals surface area (Å²) in [5.74, 6) is 0.169. The van der Waals surface area contributed by atoms with E-state index in [-0.39, 0.29) is 23.8 Å². The molecule has 1 fully saturated rings. The highest BCUT2D eigenvalue weighted by atomic mass is 32.1. The number of hydrogen-bond donors (Lipinski definition) is 2. The van der Waals surface area contributed by atoms with Gasteiger partial charge in [-0.15, -0.1) is 11.3 Å². The summed E-state index contributed by atoms with van der Waals surface area (Å²) in [5.41, 5.74) is 1.80. The van der Waals surface area contributed by atoms with Gasteiger partial charge in [0, 0.05) is 22.6 Å². The van der Waals surface area contributed by atoms with Crippen LogP contribution in [-0.4, -0.2) is 11.8 Å². The standard InChI is InChI=1S/C19H20N2O2S/c1-13(20-18(22)11-10-17-3-2-12-24-17)14-6-8-16(9-7-14)21-19(23)15-4-5-15/h2-3,6-13,15H,4-5H2,1H3,(H,20,22)(H,21,23)/b11-10+. The lowest BCUT2D eigenvalue weighted by atomic mass is 10.1. The highest BCUT2D eigenvalue weighted by Crippen LogP contribution is 2.30. The van der Waals surface area contributed by atoms with E-state index in [1.165, 1.54) is 0 Å². The minimum atomic E-state index is -0.123. The second-order valence-electron chi connectivity index (χ2n) is 5.96. The number of carbonyl (C=O) groups excluding carboxylic acids is 2. The molecule has 1 heterocycles. The van der Waals surface area contributed by atoms with E-state index in [1.54, 1.807) is 17.4 Å². The molecule has 1 aliphatic carbocycles. The number of benzene rings is 1. The zero-order valence-corrected chi connectivity index (χ0v) is 14.3. The van der Waals surface area contributed by atoms with Crippen LogP contribution in [0.2, 0.25) is 0 Å². The summed E-state index contributed by atoms with van der Waals surface area (Å²) in [4.78, 5) is 24.7. The predicted molar refractivity (Wildman–Crippen MR) is 97.7 cm³/mol. The second-order valence-corrected chi connectivity index (χ2v) is 6.94. The fraction of sp³-hybridized carbons (Fsp3) is 0.263. The van der Waals surface area contributed by atoms with Crippen molar-refractivity contribution in [3.05, 3.63) is 58.3 Å². The van der Waals surface area contributed by atoms with Crippen molar-refractivity contribution in [3.8, 4) is 0 Å². The molecule has 0 saturated heterocycles. The van der Waals surface area contributed by atoms with Gasteiger partial charge >= 0.3 is 0 Å². The average Bonchev–Trinajstić information content (AvgIpc) is 3.30. The highest BCUT2D eigenvalue weighted by Gasteiger charge is 2.29. The lowest BCUT2D eigenvalue weighted by Crippen LogP contribution is -2.24. The van der Waals surface area contributed by atoms with Crippen LogP contribution in [0.5, 0.6) is 0 Å². The lowest BCUT2D eigenvalue weighted by molar-refractivity contribution is -0.118. The number of thiophene rings is 1. The first-order valence-corrected chi connectivity index (χ1v) is 8.92. The molecule has 1 aliphatic rings. The molecule has 2 aromatic rings. The van der Waals surface area contributed by atoms with Gasteiger partial charge in [0.15, 0.2) is 0 Å². The van der Waals surface area contributed by atoms with Crippen LogP contribution in [0.4, 0.5) is 5.69 Å². The van der Waals surface area contributed by atoms with Crippen molar-refractivity contribution >= 4 is 34.9 Å². The smallest absolute Gasteiger partial charge is 0.244 e. The second kappa shape index (κ2) is 7.45. The van der Waals surface area contributed by atoms with Gasteiger partial charge in [-0.1, -0.05) is 18.2 Å². The Kier molecular flexibility index (Phi) is 5.11. The van der Waals surface area contributed by atoms with Crippen molar-refractivity contribution in [1.29, 1.82) is 0 Å². The Morgan fingerprint density at radius 1 is 1.21 bits per heavy atom. The third-order valence-electron chi connectivity index (χ3n) is 3.93. The van der Waals surface area contributed by atoms with Gasteiger partial charge in [0.2, 0.25) is 11.8 Å². The number of anilines is 1. The molecule has 2 N–H and O–H groups in total. The minimum absolute atomic E-state index is 0.0985. The maximum absolute atomic E-state index is 12.0. The zero-order chi connectivity index (χ0) is 16.9. The quantitative estimate of drug-likeness (QED) is 0.781. The van der Waals surface area contributed by atoms with Gasteiger partial charge in [0.1, 0.15) is 0 Å². The van der Waals surface area contributed by atoms with Crippen LogP contribution < -0.4 is 10.6 Å². The van der Waals surface area contributed by atoms with Crippen LogP contribution >= 0.6 is 11.3 Å². The van der Waals surface area contributed by atoms with E-state index in [1.807, 2.05) is 54.8 Å². The van der Waals surface area contributed by atoms with E-state index >= 15 is 0 Å². The van der Waals surface area contributed by atoms with Gasteiger partial charge in [0.25, 0.3) is 0 Å². The first-order chi connectivity index (χ1) is 11.6. The number of amides is 2. The molecular formula is C19H20N2O2S. The van der Waals surface area contributed by atoms with Crippen LogP contribution in [0.15, 0.2) is 47.9 Å². The van der Waals surface area contributed by atoms with Crippen LogP contribution in [0.1, 0.15) is 36.2 Å². The molecule has 1 aromatic heterocycles. The number of nitrogens with one attached hydrogen (secondary N) is 2. The van der Waals surface area contributed by atoms with Gasteiger partial charge in [-0.3, -0.25) is 9.59 Å². The van der Waals surface area contributed by atoms with Crippen LogP contribution in [0, 0.1) is 5.92 Å². The molecule has 0 spiro atoms. The Bertz CT molecular complexity index is 731. The van der Waals surface area contributed by atoms with E-state index in [9.17, 15) is 9.59 Å². The molecule has 1 atom stereocenters. The Hall–Kier alpha value is -2.40. The monoisotopic (exact) mass is 340 g/mol. The molecule has 4 nitrogen and oxygen atoms in total. The molecule has 3 rings (SSSR count). The molecular weight excluding hydrogens is 320 g/mol. The van der Waals surface area contributed by atoms with Crippen molar-refractivity contribution in [1.82, 2.24) is 5.32 Å². The summed E-state index contributed by atoms with van der Waals surface area (Å²) in [7, 11) is 0. The van der Waals surface area contributed by atoms with Crippen LogP contribution in [0.25, 0.3) is 6.08 Å². The Balaban J connectivity index is 1.53. The van der Waals surface area contributed by atoms with Crippen LogP contribution in [0.3, 0.4) is 0 Å². The highest BCUT2D eigenvalue weighted by molar-refractivity contribution is 7.10. The minimum Gasteiger partial charge on any atom is -0.346 e. The fourth-order valence-electron chi connectivity index (χ4n) is 2.33. The topological polar surface area (TPSA) is 58.2 Å². The largest absolute Gasteiger partial charge is 0.346 e. The molecule has 0 aliphatic heterocycles. The molecule has 124 valence electrons. The SMILES string of the molecule is CC(NC(=O)/C=C/c1cccs1)c1ccc(NC(=O)C2CC2)cc1. The van der Waals surface area contributed by atoms with Gasteiger partial charge in [-0.05, 0) is 55.0 Å². The van der Waals surface area contributed by atoms with E-state index in [4.69, 9.17) is 0 Å². The van der Waals surface area contributed by atoms with Gasteiger partial charge in [-0.25, -0.2) is 0 Å². The summed E-state index contributed by atoms with van der Waals surface area (Å²) in [6.07, 6.45) is 5.34. The summed E-state index contributed by atoms with van der Waals surface area (Å²) in [5, 5.41) is 7.82. The number of carbonyl (C=O) groups is 2. The van der Waals surface area contributed by atoms with Gasteiger partial charge in [0.05, 0.1) is 6.04 Å². The maximum Gasteiger partial charge on any atom is 0.244 e. The van der Waals surface area contributed by atoms with E-state index in [2.05, 4.69) is 10.6 Å². The third kappa shape index (κ3) is 4.55. The first-order valence-electron chi connectivity index (χ1n) is 8.05. The first kappa shape index (κ1) is 16.5. The summed E-state index contributed by atoms with van der Waals surface area (Å²) >= 11 is 1.59. The lowest BCUT2D eigenvalue weighted by Gasteiger charge is -2.14. The Morgan fingerprint density at radius 3 is 2.58 bits per heavy atom. The molecule has 1 saturated carbocycles. The van der Waals surface area contributed by atoms with E-state index < -0.39 is 0 Å². The summed E-state index contributed by atoms with van der Waals surface area (Å²) in [6, 6.07) is 11.4. The molecule has 1 unspecified atom stereocenters. The molecule has 24 heavy (non-hydrogen) atoms. The van der Waals surface area contributed by atoms with Crippen molar-refractivity contribution in [2.24, 2.45) is 5.92 Å². The van der Waals surface area contributed by atoms with Crippen molar-refractivity contribution < 1.29 is 9.59 Å². The average molecular weight is 340 g/mol.